The summed E-state index contributed by atoms with van der Waals surface area (Å²) in [4.78, 5) is 0. The number of hydrogen-bond acceptors (Lipinski definition) is 3. The van der Waals surface area contributed by atoms with E-state index in [0.29, 0.717) is 5.92 Å². The lowest BCUT2D eigenvalue weighted by Crippen LogP contribution is -2.29. The van der Waals surface area contributed by atoms with Gasteiger partial charge in [-0.15, -0.1) is 0 Å². The van der Waals surface area contributed by atoms with E-state index in [9.17, 15) is 0 Å². The van der Waals surface area contributed by atoms with E-state index in [0.717, 1.165) is 19.6 Å². The quantitative estimate of drug-likeness (QED) is 0.608. The van der Waals surface area contributed by atoms with Gasteiger partial charge in [0.15, 0.2) is 0 Å². The molecule has 0 amide bonds. The van der Waals surface area contributed by atoms with E-state index in [1.165, 1.54) is 23.1 Å². The van der Waals surface area contributed by atoms with Gasteiger partial charge < -0.3 is 4.74 Å². The minimum Gasteiger partial charge on any atom is -0.372 e. The van der Waals surface area contributed by atoms with Crippen LogP contribution in [0.1, 0.15) is 49.4 Å². The van der Waals surface area contributed by atoms with Crippen molar-refractivity contribution >= 4 is 0 Å². The number of hydrazine groups is 1. The molecule has 17 heavy (non-hydrogen) atoms. The highest BCUT2D eigenvalue weighted by atomic mass is 16.5. The number of fused-ring (bicyclic) bond motifs is 1. The molecule has 0 radical (unpaired) electrons. The maximum atomic E-state index is 5.67. The molecule has 94 valence electrons. The zero-order chi connectivity index (χ0) is 12.3. The van der Waals surface area contributed by atoms with Crippen LogP contribution in [-0.4, -0.2) is 0 Å². The van der Waals surface area contributed by atoms with Crippen LogP contribution < -0.4 is 11.3 Å². The van der Waals surface area contributed by atoms with Crippen LogP contribution in [0.4, 0.5) is 0 Å². The number of benzene rings is 1. The molecule has 0 fully saturated rings. The Morgan fingerprint density at radius 2 is 2.12 bits per heavy atom. The van der Waals surface area contributed by atoms with Gasteiger partial charge in [-0.2, -0.15) is 0 Å². The van der Waals surface area contributed by atoms with Gasteiger partial charge in [0, 0.05) is 6.04 Å². The van der Waals surface area contributed by atoms with E-state index in [1.54, 1.807) is 0 Å². The molecule has 0 aromatic heterocycles. The fourth-order valence-corrected chi connectivity index (χ4v) is 2.28. The number of hydrogen-bond donors (Lipinski definition) is 2. The summed E-state index contributed by atoms with van der Waals surface area (Å²) in [6.07, 6.45) is 2.26. The Kier molecular flexibility index (Phi) is 4.15. The fourth-order valence-electron chi connectivity index (χ4n) is 2.28. The van der Waals surface area contributed by atoms with Crippen molar-refractivity contribution in [1.29, 1.82) is 0 Å². The van der Waals surface area contributed by atoms with E-state index < -0.39 is 0 Å². The summed E-state index contributed by atoms with van der Waals surface area (Å²) >= 11 is 0. The summed E-state index contributed by atoms with van der Waals surface area (Å²) in [5.41, 5.74) is 6.83. The zero-order valence-electron chi connectivity index (χ0n) is 10.7. The monoisotopic (exact) mass is 234 g/mol. The predicted molar refractivity (Wildman–Crippen MR) is 69.1 cm³/mol. The van der Waals surface area contributed by atoms with Gasteiger partial charge in [0.1, 0.15) is 0 Å². The molecule has 2 atom stereocenters. The van der Waals surface area contributed by atoms with Crippen LogP contribution in [0.2, 0.25) is 0 Å². The van der Waals surface area contributed by atoms with Crippen molar-refractivity contribution in [2.45, 2.75) is 45.9 Å². The van der Waals surface area contributed by atoms with Crippen molar-refractivity contribution in [2.24, 2.45) is 11.8 Å². The van der Waals surface area contributed by atoms with Crippen LogP contribution in [0, 0.1) is 5.92 Å². The molecule has 1 aromatic rings. The van der Waals surface area contributed by atoms with Crippen molar-refractivity contribution in [2.75, 3.05) is 0 Å². The number of ether oxygens (including phenoxy) is 1. The molecule has 2 rings (SSSR count). The third-order valence-electron chi connectivity index (χ3n) is 3.68. The zero-order valence-corrected chi connectivity index (χ0v) is 10.7. The maximum absolute atomic E-state index is 5.67. The Balaban J connectivity index is 2.14. The highest BCUT2D eigenvalue weighted by Crippen LogP contribution is 2.27. The summed E-state index contributed by atoms with van der Waals surface area (Å²) in [6, 6.07) is 6.81. The van der Waals surface area contributed by atoms with Gasteiger partial charge >= 0.3 is 0 Å². The molecule has 3 heteroatoms. The molecule has 3 nitrogen and oxygen atoms in total. The second kappa shape index (κ2) is 5.63. The van der Waals surface area contributed by atoms with Gasteiger partial charge in [0.05, 0.1) is 13.2 Å². The number of nitrogens with two attached hydrogens (primary N) is 1. The van der Waals surface area contributed by atoms with Crippen molar-refractivity contribution in [3.05, 3.63) is 34.9 Å². The maximum Gasteiger partial charge on any atom is 0.0725 e. The average molecular weight is 234 g/mol. The van der Waals surface area contributed by atoms with E-state index in [1.807, 2.05) is 0 Å². The predicted octanol–water partition coefficient (Wildman–Crippen LogP) is 2.66. The van der Waals surface area contributed by atoms with Gasteiger partial charge in [0.25, 0.3) is 0 Å². The molecule has 1 aliphatic heterocycles. The topological polar surface area (TPSA) is 47.3 Å². The summed E-state index contributed by atoms with van der Waals surface area (Å²) in [7, 11) is 0. The first-order chi connectivity index (χ1) is 8.24. The standard InChI is InChI=1S/C14H22N2O/c1-3-10(2)6-14(16-15)11-4-5-12-8-17-9-13(12)7-11/h4-5,7,10,14,16H,3,6,8-9,15H2,1-2H3. The fraction of sp³-hybridized carbons (Fsp3) is 0.571. The molecule has 0 saturated carbocycles. The smallest absolute Gasteiger partial charge is 0.0725 e. The van der Waals surface area contributed by atoms with Gasteiger partial charge in [-0.1, -0.05) is 38.5 Å². The van der Waals surface area contributed by atoms with Gasteiger partial charge in [-0.3, -0.25) is 11.3 Å². The van der Waals surface area contributed by atoms with Gasteiger partial charge in [-0.25, -0.2) is 0 Å². The first-order valence-electron chi connectivity index (χ1n) is 6.40. The highest BCUT2D eigenvalue weighted by Gasteiger charge is 2.17. The van der Waals surface area contributed by atoms with Crippen molar-refractivity contribution in [3.8, 4) is 0 Å². The first-order valence-corrected chi connectivity index (χ1v) is 6.40. The Morgan fingerprint density at radius 3 is 2.82 bits per heavy atom. The normalized spacial score (nSPS) is 17.8. The van der Waals surface area contributed by atoms with E-state index in [2.05, 4.69) is 37.5 Å². The molecule has 3 N–H and O–H groups in total. The molecule has 0 spiro atoms. The lowest BCUT2D eigenvalue weighted by atomic mass is 9.93. The SMILES string of the molecule is CCC(C)CC(NN)c1ccc2c(c1)COC2. The Labute approximate surface area is 103 Å². The Hall–Kier alpha value is -0.900. The molecule has 1 heterocycles. The molecule has 2 unspecified atom stereocenters. The van der Waals surface area contributed by atoms with Crippen LogP contribution >= 0.6 is 0 Å². The summed E-state index contributed by atoms with van der Waals surface area (Å²) in [5, 5.41) is 0. The largest absolute Gasteiger partial charge is 0.372 e. The number of rotatable bonds is 5. The molecular weight excluding hydrogens is 212 g/mol. The lowest BCUT2D eigenvalue weighted by Gasteiger charge is -2.20. The number of nitrogens with one attached hydrogen (secondary N) is 1. The molecular formula is C14H22N2O. The first kappa shape index (κ1) is 12.6. The van der Waals surface area contributed by atoms with E-state index in [4.69, 9.17) is 10.6 Å². The van der Waals surface area contributed by atoms with E-state index in [-0.39, 0.29) is 6.04 Å². The Morgan fingerprint density at radius 1 is 1.35 bits per heavy atom. The third kappa shape index (κ3) is 2.86. The lowest BCUT2D eigenvalue weighted by molar-refractivity contribution is 0.134. The van der Waals surface area contributed by atoms with Crippen LogP contribution in [-0.2, 0) is 18.0 Å². The third-order valence-corrected chi connectivity index (χ3v) is 3.68. The van der Waals surface area contributed by atoms with Crippen molar-refractivity contribution in [3.63, 3.8) is 0 Å². The molecule has 0 bridgehead atoms. The van der Waals surface area contributed by atoms with Gasteiger partial charge in [0.2, 0.25) is 0 Å². The van der Waals surface area contributed by atoms with Crippen LogP contribution in [0.15, 0.2) is 18.2 Å². The van der Waals surface area contributed by atoms with Crippen molar-refractivity contribution < 1.29 is 4.74 Å². The van der Waals surface area contributed by atoms with Crippen LogP contribution in [0.3, 0.4) is 0 Å². The molecule has 0 aliphatic carbocycles. The summed E-state index contributed by atoms with van der Waals surface area (Å²) < 4.78 is 5.43. The van der Waals surface area contributed by atoms with Gasteiger partial charge in [-0.05, 0) is 29.0 Å². The molecule has 1 aliphatic rings. The van der Waals surface area contributed by atoms with Crippen molar-refractivity contribution in [1.82, 2.24) is 5.43 Å². The second-order valence-corrected chi connectivity index (χ2v) is 4.99. The average Bonchev–Trinajstić information content (AvgIpc) is 2.82. The molecule has 1 aromatic carbocycles. The second-order valence-electron chi connectivity index (χ2n) is 4.99. The minimum absolute atomic E-state index is 0.246. The Bertz CT molecular complexity index is 378. The van der Waals surface area contributed by atoms with Crippen LogP contribution in [0.5, 0.6) is 0 Å². The minimum atomic E-state index is 0.246. The molecule has 0 saturated heterocycles. The summed E-state index contributed by atoms with van der Waals surface area (Å²) in [5.74, 6) is 6.35. The van der Waals surface area contributed by atoms with E-state index >= 15 is 0 Å². The highest BCUT2D eigenvalue weighted by molar-refractivity contribution is 5.34. The summed E-state index contributed by atoms with van der Waals surface area (Å²) in [6.45, 7) is 5.97. The van der Waals surface area contributed by atoms with Crippen LogP contribution in [0.25, 0.3) is 0 Å².